The molecule has 0 radical (unpaired) electrons. The molecule has 0 saturated heterocycles. The molecule has 0 aliphatic rings. The third-order valence-electron chi connectivity index (χ3n) is 6.08. The van der Waals surface area contributed by atoms with Gasteiger partial charge in [0.05, 0.1) is 5.56 Å². The van der Waals surface area contributed by atoms with Crippen LogP contribution in [-0.2, 0) is 6.61 Å². The van der Waals surface area contributed by atoms with Crippen LogP contribution in [0.3, 0.4) is 0 Å². The first-order valence-electron chi connectivity index (χ1n) is 11.8. The number of fused-ring (bicyclic) bond motifs is 1. The number of carbonyl (C=O) groups excluding carboxylic acids is 1. The largest absolute Gasteiger partial charge is 0.489 e. The van der Waals surface area contributed by atoms with E-state index in [0.29, 0.717) is 23.3 Å². The van der Waals surface area contributed by atoms with Crippen LogP contribution in [-0.4, -0.2) is 21.3 Å². The smallest absolute Gasteiger partial charge is 0.267 e. The minimum atomic E-state index is -0.832. The highest BCUT2D eigenvalue weighted by Crippen LogP contribution is 2.39. The fourth-order valence-corrected chi connectivity index (χ4v) is 4.34. The summed E-state index contributed by atoms with van der Waals surface area (Å²) in [5, 5.41) is 10.5. The number of benzene rings is 2. The molecule has 0 atom stereocenters. The molecule has 2 aromatic heterocycles. The van der Waals surface area contributed by atoms with Crippen LogP contribution in [0.5, 0.6) is 5.75 Å². The number of carbonyl (C=O) groups is 1. The maximum Gasteiger partial charge on any atom is 0.267 e. The van der Waals surface area contributed by atoms with Crippen LogP contribution in [0.15, 0.2) is 84.4 Å². The van der Waals surface area contributed by atoms with Crippen molar-refractivity contribution in [2.45, 2.75) is 27.4 Å². The highest BCUT2D eigenvalue weighted by atomic mass is 19.1. The minimum Gasteiger partial charge on any atom is -0.489 e. The number of nitrogens with zero attached hydrogens (tertiary/aromatic N) is 4. The Morgan fingerprint density at radius 2 is 2.00 bits per heavy atom. The number of amides is 1. The molecule has 1 amide bonds. The Balaban J connectivity index is 2.00. The van der Waals surface area contributed by atoms with E-state index in [1.165, 1.54) is 17.0 Å². The van der Waals surface area contributed by atoms with E-state index in [0.717, 1.165) is 22.3 Å². The van der Waals surface area contributed by atoms with Gasteiger partial charge < -0.3 is 10.5 Å². The predicted molar refractivity (Wildman–Crippen MR) is 147 cm³/mol. The number of allylic oxidation sites excluding steroid dienone is 2. The Kier molecular flexibility index (Phi) is 7.49. The molecular formula is C30H26FN5O2. The van der Waals surface area contributed by atoms with Crippen molar-refractivity contribution in [3.8, 4) is 22.9 Å². The molecule has 4 rings (SSSR count). The normalized spacial score (nSPS) is 11.6. The Bertz CT molecular complexity index is 1660. The average molecular weight is 508 g/mol. The lowest BCUT2D eigenvalue weighted by atomic mass is 9.92. The van der Waals surface area contributed by atoms with Crippen molar-refractivity contribution < 1.29 is 13.9 Å². The molecule has 190 valence electrons. The zero-order valence-corrected chi connectivity index (χ0v) is 21.3. The number of ether oxygens (including phenoxy) is 1. The van der Waals surface area contributed by atoms with Gasteiger partial charge in [-0.1, -0.05) is 49.1 Å². The highest BCUT2D eigenvalue weighted by molar-refractivity contribution is 6.09. The van der Waals surface area contributed by atoms with Gasteiger partial charge in [0.15, 0.2) is 11.7 Å². The number of aryl methyl sites for hydroxylation is 1. The summed E-state index contributed by atoms with van der Waals surface area (Å²) in [6.07, 6.45) is 4.46. The van der Waals surface area contributed by atoms with Crippen LogP contribution in [0, 0.1) is 25.2 Å². The van der Waals surface area contributed by atoms with Crippen LogP contribution >= 0.6 is 0 Å². The molecule has 0 spiro atoms. The number of hydrogen-bond donors (Lipinski definition) is 1. The number of halogens is 1. The second-order valence-corrected chi connectivity index (χ2v) is 8.64. The molecular weight excluding hydrogens is 481 g/mol. The van der Waals surface area contributed by atoms with E-state index >= 15 is 0 Å². The Morgan fingerprint density at radius 3 is 2.63 bits per heavy atom. The molecule has 7 nitrogen and oxygen atoms in total. The molecule has 0 aliphatic heterocycles. The van der Waals surface area contributed by atoms with Crippen molar-refractivity contribution in [2.75, 3.05) is 0 Å². The van der Waals surface area contributed by atoms with E-state index in [4.69, 9.17) is 10.5 Å². The van der Waals surface area contributed by atoms with Crippen LogP contribution in [0.2, 0.25) is 0 Å². The lowest BCUT2D eigenvalue weighted by Crippen LogP contribution is -2.16. The number of nitrogens with two attached hydrogens (primary N) is 1. The van der Waals surface area contributed by atoms with Gasteiger partial charge in [-0.3, -0.25) is 9.36 Å². The summed E-state index contributed by atoms with van der Waals surface area (Å²) in [6, 6.07) is 17.3. The molecule has 0 fully saturated rings. The van der Waals surface area contributed by atoms with E-state index in [1.54, 1.807) is 19.1 Å². The molecule has 0 saturated carbocycles. The number of primary amides is 1. The summed E-state index contributed by atoms with van der Waals surface area (Å²) in [4.78, 5) is 20.8. The number of nitriles is 1. The second kappa shape index (κ2) is 10.9. The molecule has 8 heteroatoms. The SMILES string of the molecule is C=C(F)C(=N/C=C\C)n1cc(C#N)c2c(-c3c(C)ccc(OCc4ccccc4)c3C)cc(C(N)=O)nc21. The summed E-state index contributed by atoms with van der Waals surface area (Å²) < 4.78 is 22.0. The maximum absolute atomic E-state index is 14.5. The third-order valence-corrected chi connectivity index (χ3v) is 6.08. The van der Waals surface area contributed by atoms with Crippen LogP contribution in [0.4, 0.5) is 4.39 Å². The van der Waals surface area contributed by atoms with Crippen LogP contribution in [0.1, 0.15) is 39.7 Å². The van der Waals surface area contributed by atoms with E-state index in [1.807, 2.05) is 56.3 Å². The van der Waals surface area contributed by atoms with Gasteiger partial charge in [-0.15, -0.1) is 0 Å². The van der Waals surface area contributed by atoms with Crippen molar-refractivity contribution in [3.63, 3.8) is 0 Å². The Morgan fingerprint density at radius 1 is 1.26 bits per heavy atom. The quantitative estimate of drug-likeness (QED) is 0.240. The van der Waals surface area contributed by atoms with E-state index in [9.17, 15) is 14.4 Å². The van der Waals surface area contributed by atoms with Crippen molar-refractivity contribution >= 4 is 22.8 Å². The first-order valence-corrected chi connectivity index (χ1v) is 11.8. The summed E-state index contributed by atoms with van der Waals surface area (Å²) in [5.74, 6) is -1.12. The first-order chi connectivity index (χ1) is 18.3. The van der Waals surface area contributed by atoms with Gasteiger partial charge in [0.2, 0.25) is 0 Å². The zero-order chi connectivity index (χ0) is 27.4. The topological polar surface area (TPSA) is 106 Å². The molecule has 2 N–H and O–H groups in total. The molecule has 0 aliphatic carbocycles. The summed E-state index contributed by atoms with van der Waals surface area (Å²) in [7, 11) is 0. The standard InChI is InChI=1S/C30H26FN5O2/c1-5-13-34-29(20(4)31)36-16-22(15-32)27-23(14-24(28(33)37)35-30(27)36)26-18(2)11-12-25(19(26)3)38-17-21-9-7-6-8-10-21/h5-14,16H,4,17H2,1-3H3,(H2,33,37)/b13-5-,34-29?. The molecule has 0 bridgehead atoms. The minimum absolute atomic E-state index is 0.0411. The average Bonchev–Trinajstić information content (AvgIpc) is 3.27. The highest BCUT2D eigenvalue weighted by Gasteiger charge is 2.24. The molecule has 0 unspecified atom stereocenters. The fourth-order valence-electron chi connectivity index (χ4n) is 4.34. The second-order valence-electron chi connectivity index (χ2n) is 8.64. The Labute approximate surface area is 220 Å². The van der Waals surface area contributed by atoms with Crippen LogP contribution < -0.4 is 10.5 Å². The molecule has 4 aromatic rings. The summed E-state index contributed by atoms with van der Waals surface area (Å²) >= 11 is 0. The van der Waals surface area contributed by atoms with Crippen molar-refractivity contribution in [1.82, 2.24) is 9.55 Å². The lowest BCUT2D eigenvalue weighted by molar-refractivity contribution is 0.0996. The van der Waals surface area contributed by atoms with Gasteiger partial charge in [-0.25, -0.2) is 14.4 Å². The van der Waals surface area contributed by atoms with Gasteiger partial charge in [-0.2, -0.15) is 5.26 Å². The number of aromatic nitrogens is 2. The molecule has 2 heterocycles. The number of hydrogen-bond acceptors (Lipinski definition) is 5. The third kappa shape index (κ3) is 4.95. The van der Waals surface area contributed by atoms with Crippen molar-refractivity contribution in [2.24, 2.45) is 10.7 Å². The monoisotopic (exact) mass is 507 g/mol. The number of aliphatic imine (C=N–C) groups is 1. The van der Waals surface area contributed by atoms with E-state index in [-0.39, 0.29) is 22.7 Å². The van der Waals surface area contributed by atoms with Gasteiger partial charge in [-0.05, 0) is 60.7 Å². The maximum atomic E-state index is 14.5. The van der Waals surface area contributed by atoms with Crippen molar-refractivity contribution in [1.29, 1.82) is 5.26 Å². The molecule has 38 heavy (non-hydrogen) atoms. The van der Waals surface area contributed by atoms with Crippen molar-refractivity contribution in [3.05, 3.63) is 107 Å². The van der Waals surface area contributed by atoms with Gasteiger partial charge in [0, 0.05) is 17.8 Å². The van der Waals surface area contributed by atoms with Gasteiger partial charge >= 0.3 is 0 Å². The van der Waals surface area contributed by atoms with Crippen LogP contribution in [0.25, 0.3) is 22.2 Å². The number of rotatable bonds is 7. The zero-order valence-electron chi connectivity index (χ0n) is 21.3. The Hall–Kier alpha value is -5.03. The predicted octanol–water partition coefficient (Wildman–Crippen LogP) is 6.13. The fraction of sp³-hybridized carbons (Fsp3) is 0.133. The summed E-state index contributed by atoms with van der Waals surface area (Å²) in [5.41, 5.74) is 9.99. The van der Waals surface area contributed by atoms with Gasteiger partial charge in [0.25, 0.3) is 5.91 Å². The number of pyridine rings is 1. The molecule has 2 aromatic carbocycles. The lowest BCUT2D eigenvalue weighted by Gasteiger charge is -2.17. The first kappa shape index (κ1) is 26.0. The summed E-state index contributed by atoms with van der Waals surface area (Å²) in [6.45, 7) is 9.31. The van der Waals surface area contributed by atoms with Gasteiger partial charge in [0.1, 0.15) is 29.8 Å². The van der Waals surface area contributed by atoms with E-state index in [2.05, 4.69) is 22.6 Å². The van der Waals surface area contributed by atoms with E-state index < -0.39 is 11.7 Å².